The third-order valence-electron chi connectivity index (χ3n) is 6.65. The Kier molecular flexibility index (Phi) is 15.9. The summed E-state index contributed by atoms with van der Waals surface area (Å²) in [6, 6.07) is 0. The third kappa shape index (κ3) is 13.1. The molecule has 0 saturated carbocycles. The molecule has 0 aromatic rings. The van der Waals surface area contributed by atoms with Crippen LogP contribution in [-0.4, -0.2) is 0 Å². The van der Waals surface area contributed by atoms with Gasteiger partial charge in [0.05, 0.1) is 0 Å². The van der Waals surface area contributed by atoms with E-state index in [0.29, 0.717) is 23.3 Å². The summed E-state index contributed by atoms with van der Waals surface area (Å²) in [7, 11) is 0. The maximum absolute atomic E-state index is 14.7. The van der Waals surface area contributed by atoms with Crippen LogP contribution in [0.15, 0.2) is 75.9 Å². The standard InChI is InChI=1S/C35H51F/c1-9-11-16-33(30(8)35(36)18-12-10-2)24-23-32(22-20-28(5)6)26-34-17-14-13-15-31(25-29(34)7)21-19-27(3)4/h12-14,17-18,24,27-28,32H,9-10,15,19-23,26H2,1-8H3/b14-13+,18-12-,33-24+,34-17-,35-30-/t25?,32-/m1/s1. The lowest BCUT2D eigenvalue weighted by atomic mass is 9.85. The van der Waals surface area contributed by atoms with Crippen molar-refractivity contribution in [1.82, 2.24) is 0 Å². The number of hydrogen-bond acceptors (Lipinski definition) is 0. The molecule has 36 heavy (non-hydrogen) atoms. The predicted molar refractivity (Wildman–Crippen MR) is 158 cm³/mol. The minimum absolute atomic E-state index is 0.182. The maximum atomic E-state index is 14.7. The van der Waals surface area contributed by atoms with Crippen LogP contribution in [0, 0.1) is 29.6 Å². The fraction of sp³-hybridized carbons (Fsp3) is 0.571. The Bertz CT molecular complexity index is 956. The van der Waals surface area contributed by atoms with Gasteiger partial charge in [-0.1, -0.05) is 90.2 Å². The van der Waals surface area contributed by atoms with Crippen molar-refractivity contribution in [3.05, 3.63) is 75.9 Å². The molecule has 1 aliphatic rings. The molecule has 0 fully saturated rings. The molecule has 0 spiro atoms. The predicted octanol–water partition coefficient (Wildman–Crippen LogP) is 11.2. The number of rotatable bonds is 13. The average molecular weight is 491 g/mol. The summed E-state index contributed by atoms with van der Waals surface area (Å²) >= 11 is 0. The van der Waals surface area contributed by atoms with Crippen LogP contribution >= 0.6 is 0 Å². The van der Waals surface area contributed by atoms with Gasteiger partial charge in [0.2, 0.25) is 0 Å². The molecule has 0 nitrogen and oxygen atoms in total. The molecule has 0 amide bonds. The second kappa shape index (κ2) is 18.0. The van der Waals surface area contributed by atoms with E-state index in [9.17, 15) is 4.39 Å². The molecular weight excluding hydrogens is 439 g/mol. The van der Waals surface area contributed by atoms with Crippen LogP contribution in [0.1, 0.15) is 113 Å². The highest BCUT2D eigenvalue weighted by Gasteiger charge is 2.14. The molecule has 1 atom stereocenters. The molecule has 0 saturated heterocycles. The van der Waals surface area contributed by atoms with E-state index in [1.54, 1.807) is 6.08 Å². The molecule has 0 bridgehead atoms. The van der Waals surface area contributed by atoms with E-state index < -0.39 is 0 Å². The Labute approximate surface area is 222 Å². The molecule has 0 radical (unpaired) electrons. The zero-order valence-corrected chi connectivity index (χ0v) is 24.4. The Morgan fingerprint density at radius 3 is 2.47 bits per heavy atom. The van der Waals surface area contributed by atoms with Gasteiger partial charge in [0.1, 0.15) is 5.83 Å². The van der Waals surface area contributed by atoms with Gasteiger partial charge in [-0.05, 0) is 99.3 Å². The van der Waals surface area contributed by atoms with Crippen LogP contribution in [0.2, 0.25) is 0 Å². The topological polar surface area (TPSA) is 0 Å². The summed E-state index contributed by atoms with van der Waals surface area (Å²) in [6.45, 7) is 17.3. The molecule has 198 valence electrons. The van der Waals surface area contributed by atoms with Gasteiger partial charge < -0.3 is 0 Å². The Morgan fingerprint density at radius 2 is 1.83 bits per heavy atom. The highest BCUT2D eigenvalue weighted by Crippen LogP contribution is 2.30. The SMILES string of the molecule is CCC#CC(=C\C[C@@H](CCC(C)C)C/C1=C/C=C/CC(CCC(C)C)=C=C1C)/C(C)=C(F)/C=C\CC. The van der Waals surface area contributed by atoms with Crippen LogP contribution < -0.4 is 0 Å². The summed E-state index contributed by atoms with van der Waals surface area (Å²) in [4.78, 5) is 0. The molecule has 0 aromatic carbocycles. The number of hydrogen-bond donors (Lipinski definition) is 0. The summed E-state index contributed by atoms with van der Waals surface area (Å²) in [6.07, 6.45) is 21.6. The van der Waals surface area contributed by atoms with Crippen LogP contribution in [0.5, 0.6) is 0 Å². The minimum atomic E-state index is -0.182. The van der Waals surface area contributed by atoms with E-state index in [-0.39, 0.29) is 5.83 Å². The quantitative estimate of drug-likeness (QED) is 0.137. The van der Waals surface area contributed by atoms with Crippen LogP contribution in [-0.2, 0) is 0 Å². The molecule has 0 N–H and O–H groups in total. The molecule has 0 aliphatic heterocycles. The van der Waals surface area contributed by atoms with Gasteiger partial charge in [-0.3, -0.25) is 0 Å². The van der Waals surface area contributed by atoms with Crippen LogP contribution in [0.3, 0.4) is 0 Å². The lowest BCUT2D eigenvalue weighted by molar-refractivity contribution is 0.424. The van der Waals surface area contributed by atoms with Gasteiger partial charge in [-0.15, -0.1) is 5.73 Å². The average Bonchev–Trinajstić information content (AvgIpc) is 2.83. The molecular formula is C35H51F. The Balaban J connectivity index is 3.26. The first-order chi connectivity index (χ1) is 17.2. The molecule has 0 unspecified atom stereocenters. The first kappa shape index (κ1) is 31.7. The smallest absolute Gasteiger partial charge is 0.127 e. The second-order valence-electron chi connectivity index (χ2n) is 10.9. The Hall–Kier alpha value is -2.29. The van der Waals surface area contributed by atoms with E-state index in [1.807, 2.05) is 26.8 Å². The lowest BCUT2D eigenvalue weighted by Crippen LogP contribution is -2.05. The first-order valence-electron chi connectivity index (χ1n) is 14.2. The van der Waals surface area contributed by atoms with Gasteiger partial charge in [0, 0.05) is 17.6 Å². The molecule has 0 heterocycles. The summed E-state index contributed by atoms with van der Waals surface area (Å²) in [5.41, 5.74) is 9.29. The van der Waals surface area contributed by atoms with Crippen molar-refractivity contribution < 1.29 is 4.39 Å². The van der Waals surface area contributed by atoms with Crippen molar-refractivity contribution in [3.8, 4) is 11.8 Å². The van der Waals surface area contributed by atoms with Crippen molar-refractivity contribution >= 4 is 0 Å². The zero-order valence-electron chi connectivity index (χ0n) is 24.4. The summed E-state index contributed by atoms with van der Waals surface area (Å²) in [5, 5.41) is 0. The van der Waals surface area contributed by atoms with E-state index >= 15 is 0 Å². The van der Waals surface area contributed by atoms with Gasteiger partial charge in [0.25, 0.3) is 0 Å². The normalized spacial score (nSPS) is 18.5. The van der Waals surface area contributed by atoms with Gasteiger partial charge in [-0.25, -0.2) is 4.39 Å². The number of allylic oxidation sites excluding steroid dienone is 11. The summed E-state index contributed by atoms with van der Waals surface area (Å²) < 4.78 is 14.7. The molecule has 0 aromatic heterocycles. The molecule has 1 heteroatoms. The van der Waals surface area contributed by atoms with Gasteiger partial charge in [-0.2, -0.15) is 0 Å². The van der Waals surface area contributed by atoms with Crippen molar-refractivity contribution in [2.45, 2.75) is 113 Å². The van der Waals surface area contributed by atoms with Gasteiger partial charge in [0.15, 0.2) is 0 Å². The molecule has 1 aliphatic carbocycles. The van der Waals surface area contributed by atoms with Crippen LogP contribution in [0.25, 0.3) is 0 Å². The van der Waals surface area contributed by atoms with E-state index in [0.717, 1.165) is 50.5 Å². The van der Waals surface area contributed by atoms with Crippen molar-refractivity contribution in [2.24, 2.45) is 17.8 Å². The third-order valence-corrected chi connectivity index (χ3v) is 6.65. The van der Waals surface area contributed by atoms with Crippen molar-refractivity contribution in [2.75, 3.05) is 0 Å². The highest BCUT2D eigenvalue weighted by molar-refractivity contribution is 5.47. The fourth-order valence-corrected chi connectivity index (χ4v) is 4.19. The molecule has 1 rings (SSSR count). The monoisotopic (exact) mass is 490 g/mol. The van der Waals surface area contributed by atoms with Crippen LogP contribution in [0.4, 0.5) is 4.39 Å². The zero-order chi connectivity index (χ0) is 26.9. The van der Waals surface area contributed by atoms with E-state index in [2.05, 4.69) is 76.5 Å². The van der Waals surface area contributed by atoms with E-state index in [1.165, 1.54) is 29.6 Å². The Morgan fingerprint density at radius 1 is 1.11 bits per heavy atom. The van der Waals surface area contributed by atoms with Crippen molar-refractivity contribution in [3.63, 3.8) is 0 Å². The van der Waals surface area contributed by atoms with E-state index in [4.69, 9.17) is 0 Å². The fourth-order valence-electron chi connectivity index (χ4n) is 4.19. The largest absolute Gasteiger partial charge is 0.207 e. The van der Waals surface area contributed by atoms with Gasteiger partial charge >= 0.3 is 0 Å². The highest BCUT2D eigenvalue weighted by atomic mass is 19.1. The number of halogens is 1. The minimum Gasteiger partial charge on any atom is -0.207 e. The maximum Gasteiger partial charge on any atom is 0.127 e. The lowest BCUT2D eigenvalue weighted by Gasteiger charge is -2.19. The van der Waals surface area contributed by atoms with Crippen molar-refractivity contribution in [1.29, 1.82) is 0 Å². The summed E-state index contributed by atoms with van der Waals surface area (Å²) in [5.74, 6) is 8.08. The second-order valence-corrected chi connectivity index (χ2v) is 10.9. The first-order valence-corrected chi connectivity index (χ1v) is 14.2.